The summed E-state index contributed by atoms with van der Waals surface area (Å²) in [5.41, 5.74) is 0.970. The van der Waals surface area contributed by atoms with Crippen LogP contribution in [0.2, 0.25) is 0 Å². The second-order valence-corrected chi connectivity index (χ2v) is 6.39. The number of nitrogens with zero attached hydrogens (tertiary/aromatic N) is 2. The van der Waals surface area contributed by atoms with Crippen molar-refractivity contribution in [2.75, 3.05) is 44.2 Å². The van der Waals surface area contributed by atoms with Crippen LogP contribution >= 0.6 is 0 Å². The Kier molecular flexibility index (Phi) is 5.86. The number of nitrogens with one attached hydrogen (secondary N) is 1. The molecule has 0 saturated carbocycles. The van der Waals surface area contributed by atoms with Gasteiger partial charge in [0.15, 0.2) is 0 Å². The van der Waals surface area contributed by atoms with Gasteiger partial charge in [-0.1, -0.05) is 0 Å². The molecule has 1 atom stereocenters. The van der Waals surface area contributed by atoms with Gasteiger partial charge >= 0.3 is 0 Å². The number of carbonyl (C=O) groups excluding carboxylic acids is 2. The molecule has 2 aliphatic rings. The molecular formula is C18H24FN3O3. The molecule has 2 aliphatic heterocycles. The first-order valence-corrected chi connectivity index (χ1v) is 8.81. The third-order valence-corrected chi connectivity index (χ3v) is 4.68. The fourth-order valence-electron chi connectivity index (χ4n) is 3.21. The highest BCUT2D eigenvalue weighted by Gasteiger charge is 2.24. The van der Waals surface area contributed by atoms with Gasteiger partial charge in [0.25, 0.3) is 0 Å². The highest BCUT2D eigenvalue weighted by atomic mass is 19.1. The summed E-state index contributed by atoms with van der Waals surface area (Å²) in [7, 11) is 0. The number of piperazine rings is 1. The number of halogens is 1. The molecule has 1 unspecified atom stereocenters. The molecule has 0 radical (unpaired) electrons. The van der Waals surface area contributed by atoms with Gasteiger partial charge in [-0.15, -0.1) is 0 Å². The summed E-state index contributed by atoms with van der Waals surface area (Å²) in [5, 5.41) is 2.78. The second-order valence-electron chi connectivity index (χ2n) is 6.39. The standard InChI is InChI=1S/C18H24FN3O3/c19-14-3-5-15(6-4-14)21-9-11-22(12-10-21)17(23)7-8-20-18(24)16-2-1-13-25-16/h3-6,16H,1-2,7-13H2,(H,20,24). The van der Waals surface area contributed by atoms with Crippen LogP contribution in [0.1, 0.15) is 19.3 Å². The van der Waals surface area contributed by atoms with E-state index in [2.05, 4.69) is 10.2 Å². The Balaban J connectivity index is 1.38. The zero-order valence-electron chi connectivity index (χ0n) is 14.2. The Bertz CT molecular complexity index is 594. The van der Waals surface area contributed by atoms with E-state index in [4.69, 9.17) is 4.74 Å². The molecule has 1 N–H and O–H groups in total. The lowest BCUT2D eigenvalue weighted by atomic mass is 10.2. The number of carbonyl (C=O) groups is 2. The predicted molar refractivity (Wildman–Crippen MR) is 91.8 cm³/mol. The van der Waals surface area contributed by atoms with Crippen molar-refractivity contribution in [1.29, 1.82) is 0 Å². The van der Waals surface area contributed by atoms with Crippen molar-refractivity contribution in [2.45, 2.75) is 25.4 Å². The Morgan fingerprint density at radius 1 is 1.16 bits per heavy atom. The minimum Gasteiger partial charge on any atom is -0.368 e. The first-order chi connectivity index (χ1) is 12.1. The van der Waals surface area contributed by atoms with E-state index in [0.717, 1.165) is 31.6 Å². The zero-order valence-corrected chi connectivity index (χ0v) is 14.2. The summed E-state index contributed by atoms with van der Waals surface area (Å²) in [6, 6.07) is 6.41. The fourth-order valence-corrected chi connectivity index (χ4v) is 3.21. The molecule has 0 aliphatic carbocycles. The van der Waals surface area contributed by atoms with Gasteiger partial charge in [-0.25, -0.2) is 4.39 Å². The number of rotatable bonds is 5. The maximum Gasteiger partial charge on any atom is 0.249 e. The Hall–Kier alpha value is -2.15. The fraction of sp³-hybridized carbons (Fsp3) is 0.556. The summed E-state index contributed by atoms with van der Waals surface area (Å²) < 4.78 is 18.3. The number of hydrogen-bond donors (Lipinski definition) is 1. The second kappa shape index (κ2) is 8.29. The topological polar surface area (TPSA) is 61.9 Å². The summed E-state index contributed by atoms with van der Waals surface area (Å²) in [4.78, 5) is 28.1. The highest BCUT2D eigenvalue weighted by molar-refractivity contribution is 5.82. The molecule has 6 nitrogen and oxygen atoms in total. The minimum atomic E-state index is -0.352. The number of amides is 2. The molecule has 2 saturated heterocycles. The van der Waals surface area contributed by atoms with Gasteiger partial charge < -0.3 is 19.9 Å². The average molecular weight is 349 g/mol. The summed E-state index contributed by atoms with van der Waals surface area (Å²) in [5.74, 6) is -0.319. The summed E-state index contributed by atoms with van der Waals surface area (Å²) in [6.45, 7) is 3.69. The van der Waals surface area contributed by atoms with Crippen molar-refractivity contribution in [3.05, 3.63) is 30.1 Å². The van der Waals surface area contributed by atoms with Gasteiger partial charge in [-0.3, -0.25) is 9.59 Å². The predicted octanol–water partition coefficient (Wildman–Crippen LogP) is 1.16. The van der Waals surface area contributed by atoms with Crippen LogP contribution in [0.3, 0.4) is 0 Å². The van der Waals surface area contributed by atoms with E-state index in [0.29, 0.717) is 32.7 Å². The van der Waals surface area contributed by atoms with Crippen LogP contribution in [0, 0.1) is 5.82 Å². The van der Waals surface area contributed by atoms with E-state index in [-0.39, 0.29) is 23.7 Å². The first-order valence-electron chi connectivity index (χ1n) is 8.81. The van der Waals surface area contributed by atoms with Crippen molar-refractivity contribution in [3.63, 3.8) is 0 Å². The van der Waals surface area contributed by atoms with Crippen LogP contribution < -0.4 is 10.2 Å². The SMILES string of the molecule is O=C(NCCC(=O)N1CCN(c2ccc(F)cc2)CC1)C1CCCO1. The lowest BCUT2D eigenvalue weighted by molar-refractivity contribution is -0.132. The van der Waals surface area contributed by atoms with E-state index in [9.17, 15) is 14.0 Å². The minimum absolute atomic E-state index is 0.0476. The molecule has 2 amide bonds. The molecule has 1 aromatic rings. The molecule has 25 heavy (non-hydrogen) atoms. The van der Waals surface area contributed by atoms with Crippen molar-refractivity contribution in [1.82, 2.24) is 10.2 Å². The summed E-state index contributed by atoms with van der Waals surface area (Å²) >= 11 is 0. The quantitative estimate of drug-likeness (QED) is 0.867. The number of hydrogen-bond acceptors (Lipinski definition) is 4. The van der Waals surface area contributed by atoms with Gasteiger partial charge in [0, 0.05) is 51.4 Å². The molecule has 0 spiro atoms. The monoisotopic (exact) mass is 349 g/mol. The smallest absolute Gasteiger partial charge is 0.249 e. The normalized spacial score (nSPS) is 20.6. The average Bonchev–Trinajstić information content (AvgIpc) is 3.17. The van der Waals surface area contributed by atoms with Crippen LogP contribution in [0.15, 0.2) is 24.3 Å². The van der Waals surface area contributed by atoms with E-state index >= 15 is 0 Å². The van der Waals surface area contributed by atoms with Crippen molar-refractivity contribution in [3.8, 4) is 0 Å². The van der Waals surface area contributed by atoms with Crippen molar-refractivity contribution in [2.24, 2.45) is 0 Å². The molecule has 0 bridgehead atoms. The molecule has 0 aromatic heterocycles. The molecular weight excluding hydrogens is 325 g/mol. The Labute approximate surface area is 146 Å². The molecule has 1 aromatic carbocycles. The molecule has 2 fully saturated rings. The van der Waals surface area contributed by atoms with Crippen molar-refractivity contribution < 1.29 is 18.7 Å². The van der Waals surface area contributed by atoms with Gasteiger partial charge in [-0.2, -0.15) is 0 Å². The number of ether oxygens (including phenoxy) is 1. The lowest BCUT2D eigenvalue weighted by Gasteiger charge is -2.36. The zero-order chi connectivity index (χ0) is 17.6. The molecule has 2 heterocycles. The number of benzene rings is 1. The van der Waals surface area contributed by atoms with E-state index in [1.165, 1.54) is 12.1 Å². The van der Waals surface area contributed by atoms with Crippen LogP contribution in [0.4, 0.5) is 10.1 Å². The van der Waals surface area contributed by atoms with E-state index in [1.54, 1.807) is 12.1 Å². The van der Waals surface area contributed by atoms with Gasteiger partial charge in [0.05, 0.1) is 0 Å². The van der Waals surface area contributed by atoms with Gasteiger partial charge in [0.1, 0.15) is 11.9 Å². The van der Waals surface area contributed by atoms with E-state index in [1.807, 2.05) is 4.90 Å². The van der Waals surface area contributed by atoms with Crippen LogP contribution in [0.25, 0.3) is 0 Å². The third kappa shape index (κ3) is 4.69. The van der Waals surface area contributed by atoms with E-state index < -0.39 is 0 Å². The van der Waals surface area contributed by atoms with Gasteiger partial charge in [-0.05, 0) is 37.1 Å². The molecule has 3 rings (SSSR count). The lowest BCUT2D eigenvalue weighted by Crippen LogP contribution is -2.49. The number of anilines is 1. The van der Waals surface area contributed by atoms with Crippen LogP contribution in [-0.2, 0) is 14.3 Å². The largest absolute Gasteiger partial charge is 0.368 e. The van der Waals surface area contributed by atoms with Gasteiger partial charge in [0.2, 0.25) is 11.8 Å². The Morgan fingerprint density at radius 3 is 2.52 bits per heavy atom. The van der Waals surface area contributed by atoms with Crippen molar-refractivity contribution >= 4 is 17.5 Å². The first kappa shape index (κ1) is 17.7. The Morgan fingerprint density at radius 2 is 1.88 bits per heavy atom. The highest BCUT2D eigenvalue weighted by Crippen LogP contribution is 2.17. The molecule has 136 valence electrons. The third-order valence-electron chi connectivity index (χ3n) is 4.68. The van der Waals surface area contributed by atoms with Crippen LogP contribution in [0.5, 0.6) is 0 Å². The molecule has 7 heteroatoms. The maximum absolute atomic E-state index is 13.0. The van der Waals surface area contributed by atoms with Crippen LogP contribution in [-0.4, -0.2) is 62.1 Å². The maximum atomic E-state index is 13.0. The summed E-state index contributed by atoms with van der Waals surface area (Å²) in [6.07, 6.45) is 1.62.